The van der Waals surface area contributed by atoms with Crippen LogP contribution in [0.4, 0.5) is 0 Å². The zero-order valence-corrected chi connectivity index (χ0v) is 5.01. The van der Waals surface area contributed by atoms with Gasteiger partial charge in [0.05, 0.1) is 0 Å². The number of rotatable bonds is 1. The Kier molecular flexibility index (Phi) is 1.26. The van der Waals surface area contributed by atoms with Gasteiger partial charge in [-0.2, -0.15) is 0 Å². The quantitative estimate of drug-likeness (QED) is 0.546. The molecule has 0 amide bonds. The summed E-state index contributed by atoms with van der Waals surface area (Å²) >= 11 is 0. The number of aromatic nitrogens is 1. The average molecular weight is 125 g/mol. The van der Waals surface area contributed by atoms with Gasteiger partial charge < -0.3 is 10.1 Å². The summed E-state index contributed by atoms with van der Waals surface area (Å²) in [6.07, 6.45) is 0.586. The molecule has 1 aromatic heterocycles. The van der Waals surface area contributed by atoms with Crippen LogP contribution in [0, 0.1) is 6.92 Å². The van der Waals surface area contributed by atoms with Gasteiger partial charge >= 0.3 is 0 Å². The van der Waals surface area contributed by atoms with Crippen LogP contribution >= 0.6 is 0 Å². The van der Waals surface area contributed by atoms with E-state index in [0.717, 1.165) is 5.69 Å². The van der Waals surface area contributed by atoms with Crippen LogP contribution in [0.1, 0.15) is 16.2 Å². The third-order valence-electron chi connectivity index (χ3n) is 1.08. The largest absolute Gasteiger partial charge is 0.506 e. The van der Waals surface area contributed by atoms with E-state index in [-0.39, 0.29) is 11.4 Å². The topological polar surface area (TPSA) is 53.1 Å². The van der Waals surface area contributed by atoms with E-state index in [9.17, 15) is 4.79 Å². The van der Waals surface area contributed by atoms with Gasteiger partial charge in [0.15, 0.2) is 6.29 Å². The summed E-state index contributed by atoms with van der Waals surface area (Å²) in [6, 6.07) is 1.50. The van der Waals surface area contributed by atoms with Crippen LogP contribution in [-0.2, 0) is 0 Å². The average Bonchev–Trinajstić information content (AvgIpc) is 2.10. The Labute approximate surface area is 52.3 Å². The molecule has 0 saturated heterocycles. The van der Waals surface area contributed by atoms with Crippen LogP contribution in [0.15, 0.2) is 6.07 Å². The molecule has 1 heterocycles. The molecule has 3 nitrogen and oxygen atoms in total. The van der Waals surface area contributed by atoms with Crippen LogP contribution in [0.3, 0.4) is 0 Å². The molecule has 3 heteroatoms. The van der Waals surface area contributed by atoms with Gasteiger partial charge in [-0.25, -0.2) is 0 Å². The molecule has 0 radical (unpaired) electrons. The maximum Gasteiger partial charge on any atom is 0.170 e. The van der Waals surface area contributed by atoms with Crippen molar-refractivity contribution in [3.8, 4) is 5.75 Å². The van der Waals surface area contributed by atoms with Gasteiger partial charge in [0.25, 0.3) is 0 Å². The second-order valence-electron chi connectivity index (χ2n) is 1.87. The predicted molar refractivity (Wildman–Crippen MR) is 32.6 cm³/mol. The lowest BCUT2D eigenvalue weighted by molar-refractivity contribution is 0.111. The van der Waals surface area contributed by atoms with Gasteiger partial charge in [-0.05, 0) is 6.92 Å². The number of aryl methyl sites for hydroxylation is 1. The van der Waals surface area contributed by atoms with Crippen molar-refractivity contribution in [3.05, 3.63) is 17.5 Å². The molecule has 0 unspecified atom stereocenters. The molecule has 0 aliphatic rings. The fourth-order valence-electron chi connectivity index (χ4n) is 0.685. The van der Waals surface area contributed by atoms with Crippen LogP contribution in [0.5, 0.6) is 5.75 Å². The maximum atomic E-state index is 10.0. The summed E-state index contributed by atoms with van der Waals surface area (Å²) in [7, 11) is 0. The SMILES string of the molecule is Cc1cc(O)c(C=O)[nH]1. The third-order valence-corrected chi connectivity index (χ3v) is 1.08. The predicted octanol–water partition coefficient (Wildman–Crippen LogP) is 0.841. The van der Waals surface area contributed by atoms with Crippen LogP contribution in [0.2, 0.25) is 0 Å². The summed E-state index contributed by atoms with van der Waals surface area (Å²) in [5.41, 5.74) is 1.03. The first kappa shape index (κ1) is 5.88. The summed E-state index contributed by atoms with van der Waals surface area (Å²) in [6.45, 7) is 1.77. The Morgan fingerprint density at radius 1 is 1.78 bits per heavy atom. The molecular weight excluding hydrogens is 118 g/mol. The minimum Gasteiger partial charge on any atom is -0.506 e. The molecule has 0 saturated carbocycles. The van der Waals surface area contributed by atoms with E-state index in [1.54, 1.807) is 6.92 Å². The first-order valence-electron chi connectivity index (χ1n) is 2.58. The monoisotopic (exact) mass is 125 g/mol. The highest BCUT2D eigenvalue weighted by Crippen LogP contribution is 2.14. The molecule has 0 fully saturated rings. The summed E-state index contributed by atoms with van der Waals surface area (Å²) in [4.78, 5) is 12.7. The molecule has 0 spiro atoms. The Balaban J connectivity index is 3.15. The minimum absolute atomic E-state index is 0.0162. The molecule has 48 valence electrons. The normalized spacial score (nSPS) is 9.44. The number of carbonyl (C=O) groups excluding carboxylic acids is 1. The van der Waals surface area contributed by atoms with E-state index in [1.807, 2.05) is 0 Å². The zero-order valence-electron chi connectivity index (χ0n) is 5.01. The summed E-state index contributed by atoms with van der Waals surface area (Å²) < 4.78 is 0. The maximum absolute atomic E-state index is 10.0. The van der Waals surface area contributed by atoms with Crippen molar-refractivity contribution in [1.29, 1.82) is 0 Å². The molecule has 9 heavy (non-hydrogen) atoms. The Hall–Kier alpha value is -1.25. The number of aromatic hydroxyl groups is 1. The standard InChI is InChI=1S/C6H7NO2/c1-4-2-6(9)5(3-8)7-4/h2-3,7,9H,1H3. The number of nitrogens with one attached hydrogen (secondary N) is 1. The Bertz CT molecular complexity index is 227. The van der Waals surface area contributed by atoms with Gasteiger partial charge in [-0.3, -0.25) is 4.79 Å². The van der Waals surface area contributed by atoms with Gasteiger partial charge in [0.2, 0.25) is 0 Å². The lowest BCUT2D eigenvalue weighted by atomic mass is 10.4. The van der Waals surface area contributed by atoms with Gasteiger partial charge in [0, 0.05) is 11.8 Å². The molecule has 1 rings (SSSR count). The van der Waals surface area contributed by atoms with E-state index in [4.69, 9.17) is 5.11 Å². The van der Waals surface area contributed by atoms with E-state index in [2.05, 4.69) is 4.98 Å². The molecule has 0 aliphatic carbocycles. The van der Waals surface area contributed by atoms with E-state index >= 15 is 0 Å². The highest BCUT2D eigenvalue weighted by molar-refractivity contribution is 5.76. The molecule has 0 atom stereocenters. The van der Waals surface area contributed by atoms with Gasteiger partial charge in [-0.1, -0.05) is 0 Å². The van der Waals surface area contributed by atoms with Gasteiger partial charge in [-0.15, -0.1) is 0 Å². The van der Waals surface area contributed by atoms with Crippen molar-refractivity contribution in [3.63, 3.8) is 0 Å². The zero-order chi connectivity index (χ0) is 6.85. The van der Waals surface area contributed by atoms with Gasteiger partial charge in [0.1, 0.15) is 11.4 Å². The molecule has 0 aliphatic heterocycles. The molecule has 0 bridgehead atoms. The van der Waals surface area contributed by atoms with Crippen LogP contribution in [0.25, 0.3) is 0 Å². The van der Waals surface area contributed by atoms with E-state index in [0.29, 0.717) is 6.29 Å². The van der Waals surface area contributed by atoms with Crippen molar-refractivity contribution in [2.75, 3.05) is 0 Å². The van der Waals surface area contributed by atoms with Crippen molar-refractivity contribution in [2.45, 2.75) is 6.92 Å². The van der Waals surface area contributed by atoms with Crippen LogP contribution in [-0.4, -0.2) is 16.4 Å². The summed E-state index contributed by atoms with van der Waals surface area (Å²) in [5, 5.41) is 8.87. The third kappa shape index (κ3) is 0.937. The lowest BCUT2D eigenvalue weighted by Crippen LogP contribution is -1.77. The minimum atomic E-state index is 0.0162. The van der Waals surface area contributed by atoms with Crippen molar-refractivity contribution < 1.29 is 9.90 Å². The molecular formula is C6H7NO2. The number of H-pyrrole nitrogens is 1. The Morgan fingerprint density at radius 3 is 2.67 bits per heavy atom. The second kappa shape index (κ2) is 1.93. The van der Waals surface area contributed by atoms with Crippen molar-refractivity contribution >= 4 is 6.29 Å². The number of aldehydes is 1. The lowest BCUT2D eigenvalue weighted by Gasteiger charge is -1.80. The van der Waals surface area contributed by atoms with Crippen LogP contribution < -0.4 is 0 Å². The highest BCUT2D eigenvalue weighted by Gasteiger charge is 2.00. The number of carbonyl (C=O) groups is 1. The van der Waals surface area contributed by atoms with Crippen molar-refractivity contribution in [2.24, 2.45) is 0 Å². The smallest absolute Gasteiger partial charge is 0.170 e. The van der Waals surface area contributed by atoms with E-state index in [1.165, 1.54) is 6.07 Å². The Morgan fingerprint density at radius 2 is 2.44 bits per heavy atom. The fourth-order valence-corrected chi connectivity index (χ4v) is 0.685. The first-order valence-corrected chi connectivity index (χ1v) is 2.58. The van der Waals surface area contributed by atoms with Crippen molar-refractivity contribution in [1.82, 2.24) is 4.98 Å². The summed E-state index contributed by atoms with van der Waals surface area (Å²) in [5.74, 6) is 0.0162. The molecule has 2 N–H and O–H groups in total. The first-order chi connectivity index (χ1) is 4.24. The fraction of sp³-hybridized carbons (Fsp3) is 0.167. The highest BCUT2D eigenvalue weighted by atomic mass is 16.3. The molecule has 1 aromatic rings. The number of aromatic amines is 1. The second-order valence-corrected chi connectivity index (χ2v) is 1.87. The molecule has 0 aromatic carbocycles. The number of hydrogen-bond acceptors (Lipinski definition) is 2. The number of hydrogen-bond donors (Lipinski definition) is 2. The van der Waals surface area contributed by atoms with E-state index < -0.39 is 0 Å².